The van der Waals surface area contributed by atoms with Crippen LogP contribution < -0.4 is 4.74 Å². The van der Waals surface area contributed by atoms with Crippen LogP contribution in [-0.4, -0.2) is 14.5 Å². The van der Waals surface area contributed by atoms with Crippen molar-refractivity contribution in [1.82, 2.24) is 9.38 Å². The van der Waals surface area contributed by atoms with Crippen molar-refractivity contribution in [2.24, 2.45) is 0 Å². The molecule has 0 unspecified atom stereocenters. The Labute approximate surface area is 119 Å². The van der Waals surface area contributed by atoms with E-state index in [1.807, 2.05) is 28.1 Å². The molecule has 3 rings (SSSR count). The van der Waals surface area contributed by atoms with Crippen molar-refractivity contribution in [2.75, 3.05) is 0 Å². The molecule has 100 valence electrons. The van der Waals surface area contributed by atoms with Gasteiger partial charge in [0.15, 0.2) is 4.96 Å². The summed E-state index contributed by atoms with van der Waals surface area (Å²) in [5.74, 6) is 1.04. The van der Waals surface area contributed by atoms with E-state index in [-0.39, 0.29) is 6.61 Å². The monoisotopic (exact) mass is 285 g/mol. The summed E-state index contributed by atoms with van der Waals surface area (Å²) in [6.07, 6.45) is 2.23. The van der Waals surface area contributed by atoms with Crippen LogP contribution in [0.2, 0.25) is 0 Å². The second kappa shape index (κ2) is 5.33. The Morgan fingerprint density at radius 1 is 1.35 bits per heavy atom. The van der Waals surface area contributed by atoms with Gasteiger partial charge in [-0.2, -0.15) is 10.2 Å². The molecule has 0 atom stereocenters. The Morgan fingerprint density at radius 3 is 2.85 bits per heavy atom. The molecule has 0 radical (unpaired) electrons. The first-order valence-corrected chi connectivity index (χ1v) is 6.89. The summed E-state index contributed by atoms with van der Waals surface area (Å²) in [4.78, 5) is 5.13. The summed E-state index contributed by atoms with van der Waals surface area (Å²) in [6.45, 7) is -0.139. The lowest BCUT2D eigenvalue weighted by molar-refractivity contribution is 0.270. The fraction of sp³-hybridized carbons (Fsp3) is 0.143. The van der Waals surface area contributed by atoms with Crippen molar-refractivity contribution in [1.29, 1.82) is 5.26 Å². The number of imidazole rings is 1. The Balaban J connectivity index is 1.88. The number of benzene rings is 1. The number of fused-ring (bicyclic) bond motifs is 1. The van der Waals surface area contributed by atoms with Crippen LogP contribution in [0.3, 0.4) is 0 Å². The first kappa shape index (κ1) is 12.7. The lowest BCUT2D eigenvalue weighted by Gasteiger charge is -2.05. The van der Waals surface area contributed by atoms with E-state index in [9.17, 15) is 5.11 Å². The van der Waals surface area contributed by atoms with E-state index in [1.165, 1.54) is 11.3 Å². The van der Waals surface area contributed by atoms with E-state index < -0.39 is 0 Å². The van der Waals surface area contributed by atoms with Gasteiger partial charge >= 0.3 is 0 Å². The molecule has 5 nitrogen and oxygen atoms in total. The van der Waals surface area contributed by atoms with Gasteiger partial charge in [0.1, 0.15) is 11.4 Å². The van der Waals surface area contributed by atoms with Crippen LogP contribution in [-0.2, 0) is 13.0 Å². The van der Waals surface area contributed by atoms with Gasteiger partial charge in [0.2, 0.25) is 5.88 Å². The molecule has 2 aromatic heterocycles. The molecule has 0 saturated carbocycles. The van der Waals surface area contributed by atoms with Crippen molar-refractivity contribution in [3.05, 3.63) is 47.1 Å². The molecule has 6 heteroatoms. The van der Waals surface area contributed by atoms with Gasteiger partial charge in [-0.15, -0.1) is 11.3 Å². The lowest BCUT2D eigenvalue weighted by atomic mass is 10.2. The predicted molar refractivity (Wildman–Crippen MR) is 74.8 cm³/mol. The Kier molecular flexibility index (Phi) is 3.37. The number of aromatic nitrogens is 2. The minimum Gasteiger partial charge on any atom is -0.437 e. The number of aliphatic hydroxyl groups excluding tert-OH is 1. The van der Waals surface area contributed by atoms with Gasteiger partial charge in [0.25, 0.3) is 0 Å². The normalized spacial score (nSPS) is 10.6. The average Bonchev–Trinajstić information content (AvgIpc) is 3.01. The molecule has 0 spiro atoms. The molecule has 0 bridgehead atoms. The van der Waals surface area contributed by atoms with Gasteiger partial charge in [0, 0.05) is 11.6 Å². The summed E-state index contributed by atoms with van der Waals surface area (Å²) in [6, 6.07) is 9.37. The maximum atomic E-state index is 9.44. The highest BCUT2D eigenvalue weighted by molar-refractivity contribution is 7.15. The molecule has 0 fully saturated rings. The van der Waals surface area contributed by atoms with Crippen molar-refractivity contribution in [3.8, 4) is 17.7 Å². The summed E-state index contributed by atoms with van der Waals surface area (Å²) in [5, 5.41) is 20.0. The molecule has 0 amide bonds. The third kappa shape index (κ3) is 2.25. The van der Waals surface area contributed by atoms with E-state index in [4.69, 9.17) is 10.00 Å². The number of aliphatic hydroxyl groups is 1. The summed E-state index contributed by atoms with van der Waals surface area (Å²) in [7, 11) is 0. The molecule has 1 N–H and O–H groups in total. The zero-order valence-corrected chi connectivity index (χ0v) is 11.3. The molecule has 20 heavy (non-hydrogen) atoms. The van der Waals surface area contributed by atoms with E-state index in [0.717, 1.165) is 10.5 Å². The molecular weight excluding hydrogens is 274 g/mol. The Bertz CT molecular complexity index is 768. The molecule has 0 aliphatic rings. The number of rotatable bonds is 4. The Morgan fingerprint density at radius 2 is 2.15 bits per heavy atom. The number of thiazole rings is 1. The lowest BCUT2D eigenvalue weighted by Crippen LogP contribution is -1.93. The highest BCUT2D eigenvalue weighted by Gasteiger charge is 2.14. The zero-order chi connectivity index (χ0) is 13.9. The van der Waals surface area contributed by atoms with Gasteiger partial charge in [0.05, 0.1) is 19.1 Å². The number of hydrogen-bond donors (Lipinski definition) is 1. The SMILES string of the molecule is N#CCc1ccc(Oc2nc3sccn3c2CO)cc1. The molecule has 3 aromatic rings. The zero-order valence-electron chi connectivity index (χ0n) is 10.5. The minimum absolute atomic E-state index is 0.139. The van der Waals surface area contributed by atoms with Crippen LogP contribution in [0.1, 0.15) is 11.3 Å². The smallest absolute Gasteiger partial charge is 0.244 e. The standard InChI is InChI=1S/C14H11N3O2S/c15-6-5-10-1-3-11(4-2-10)19-13-12(9-18)17-7-8-20-14(17)16-13/h1-4,7-8,18H,5,9H2. The third-order valence-corrected chi connectivity index (χ3v) is 3.65. The largest absolute Gasteiger partial charge is 0.437 e. The number of nitriles is 1. The fourth-order valence-electron chi connectivity index (χ4n) is 1.92. The number of hydrogen-bond acceptors (Lipinski definition) is 5. The van der Waals surface area contributed by atoms with Crippen molar-refractivity contribution >= 4 is 16.3 Å². The summed E-state index contributed by atoms with van der Waals surface area (Å²) >= 11 is 1.48. The van der Waals surface area contributed by atoms with Crippen molar-refractivity contribution < 1.29 is 9.84 Å². The molecule has 1 aromatic carbocycles. The average molecular weight is 285 g/mol. The number of nitrogens with zero attached hydrogens (tertiary/aromatic N) is 3. The number of ether oxygens (including phenoxy) is 1. The first-order valence-electron chi connectivity index (χ1n) is 6.01. The summed E-state index contributed by atoms with van der Waals surface area (Å²) in [5.41, 5.74) is 1.57. The molecule has 0 saturated heterocycles. The van der Waals surface area contributed by atoms with Crippen LogP contribution in [0.25, 0.3) is 4.96 Å². The van der Waals surface area contributed by atoms with Gasteiger partial charge < -0.3 is 9.84 Å². The quantitative estimate of drug-likeness (QED) is 0.800. The van der Waals surface area contributed by atoms with E-state index >= 15 is 0 Å². The maximum absolute atomic E-state index is 9.44. The van der Waals surface area contributed by atoms with Crippen LogP contribution in [0, 0.1) is 11.3 Å². The second-order valence-corrected chi connectivity index (χ2v) is 5.03. The maximum Gasteiger partial charge on any atom is 0.244 e. The second-order valence-electron chi connectivity index (χ2n) is 4.16. The van der Waals surface area contributed by atoms with Gasteiger partial charge in [-0.1, -0.05) is 12.1 Å². The minimum atomic E-state index is -0.139. The van der Waals surface area contributed by atoms with Gasteiger partial charge in [-0.25, -0.2) is 0 Å². The van der Waals surface area contributed by atoms with Crippen LogP contribution in [0.15, 0.2) is 35.8 Å². The molecule has 0 aliphatic heterocycles. The fourth-order valence-corrected chi connectivity index (χ4v) is 2.64. The van der Waals surface area contributed by atoms with Gasteiger partial charge in [-0.3, -0.25) is 4.40 Å². The van der Waals surface area contributed by atoms with E-state index in [2.05, 4.69) is 11.1 Å². The molecule has 0 aliphatic carbocycles. The highest BCUT2D eigenvalue weighted by Crippen LogP contribution is 2.28. The molecule has 2 heterocycles. The van der Waals surface area contributed by atoms with Crippen LogP contribution in [0.5, 0.6) is 11.6 Å². The van der Waals surface area contributed by atoms with Crippen molar-refractivity contribution in [3.63, 3.8) is 0 Å². The first-order chi connectivity index (χ1) is 9.81. The van der Waals surface area contributed by atoms with E-state index in [1.54, 1.807) is 12.1 Å². The van der Waals surface area contributed by atoms with Crippen LogP contribution >= 0.6 is 11.3 Å². The molecular formula is C14H11N3O2S. The third-order valence-electron chi connectivity index (χ3n) is 2.90. The van der Waals surface area contributed by atoms with Crippen LogP contribution in [0.4, 0.5) is 0 Å². The van der Waals surface area contributed by atoms with Gasteiger partial charge in [-0.05, 0) is 17.7 Å². The Hall–Kier alpha value is -2.36. The summed E-state index contributed by atoms with van der Waals surface area (Å²) < 4.78 is 7.52. The topological polar surface area (TPSA) is 70.5 Å². The van der Waals surface area contributed by atoms with Crippen molar-refractivity contribution in [2.45, 2.75) is 13.0 Å². The van der Waals surface area contributed by atoms with E-state index in [0.29, 0.717) is 23.7 Å². The predicted octanol–water partition coefficient (Wildman–Crippen LogP) is 2.75. The highest BCUT2D eigenvalue weighted by atomic mass is 32.1.